The predicted molar refractivity (Wildman–Crippen MR) is 148 cm³/mol. The number of fused-ring (bicyclic) bond motifs is 1. The van der Waals surface area contributed by atoms with Crippen LogP contribution in [0.2, 0.25) is 5.02 Å². The van der Waals surface area contributed by atoms with E-state index in [0.717, 1.165) is 5.56 Å². The van der Waals surface area contributed by atoms with E-state index in [1.165, 1.54) is 31.9 Å². The van der Waals surface area contributed by atoms with Crippen molar-refractivity contribution in [2.45, 2.75) is 68.3 Å². The molecule has 1 unspecified atom stereocenters. The monoisotopic (exact) mass is 594 g/mol. The lowest BCUT2D eigenvalue weighted by molar-refractivity contribution is -0.124. The molecule has 1 saturated carbocycles. The van der Waals surface area contributed by atoms with Crippen molar-refractivity contribution in [3.8, 4) is 0 Å². The SMILES string of the molecule is CC(O)[C@H](N)C(=O)NCC(C)(C)S(=O)(=O)C1(CN2CCn3c(cnc3C(=O)NCc3ccc(Cl)cc3)C2=O)CC1. The van der Waals surface area contributed by atoms with Crippen molar-refractivity contribution in [3.63, 3.8) is 0 Å². The first-order valence-electron chi connectivity index (χ1n) is 13.0. The molecule has 0 saturated heterocycles. The minimum Gasteiger partial charge on any atom is -0.391 e. The van der Waals surface area contributed by atoms with Crippen LogP contribution in [0.3, 0.4) is 0 Å². The molecule has 1 aromatic carbocycles. The number of imidazole rings is 1. The predicted octanol–water partition coefficient (Wildman–Crippen LogP) is 0.473. The van der Waals surface area contributed by atoms with Gasteiger partial charge in [0.2, 0.25) is 5.91 Å². The van der Waals surface area contributed by atoms with Crippen LogP contribution in [0.15, 0.2) is 30.5 Å². The Kier molecular flexibility index (Phi) is 8.32. The molecule has 1 fully saturated rings. The number of benzene rings is 1. The number of nitrogens with two attached hydrogens (primary N) is 1. The summed E-state index contributed by atoms with van der Waals surface area (Å²) < 4.78 is 26.5. The van der Waals surface area contributed by atoms with Gasteiger partial charge in [-0.1, -0.05) is 23.7 Å². The number of halogens is 1. The molecule has 0 radical (unpaired) electrons. The van der Waals surface area contributed by atoms with E-state index in [4.69, 9.17) is 17.3 Å². The van der Waals surface area contributed by atoms with Gasteiger partial charge in [-0.15, -0.1) is 0 Å². The Labute approximate surface area is 238 Å². The number of hydrogen-bond donors (Lipinski definition) is 4. The Morgan fingerprint density at radius 3 is 2.45 bits per heavy atom. The summed E-state index contributed by atoms with van der Waals surface area (Å²) in [6, 6.07) is 5.88. The Hall–Kier alpha value is -3.00. The molecule has 14 heteroatoms. The summed E-state index contributed by atoms with van der Waals surface area (Å²) in [5.74, 6) is -1.36. The highest BCUT2D eigenvalue weighted by Crippen LogP contribution is 2.49. The highest BCUT2D eigenvalue weighted by molar-refractivity contribution is 7.94. The molecular formula is C26H35ClN6O6S. The highest BCUT2D eigenvalue weighted by Gasteiger charge is 2.61. The van der Waals surface area contributed by atoms with Crippen molar-refractivity contribution in [2.24, 2.45) is 5.73 Å². The van der Waals surface area contributed by atoms with E-state index in [2.05, 4.69) is 15.6 Å². The Bertz CT molecular complexity index is 1400. The maximum Gasteiger partial charge on any atom is 0.287 e. The largest absolute Gasteiger partial charge is 0.391 e. The molecule has 2 aliphatic rings. The van der Waals surface area contributed by atoms with Crippen molar-refractivity contribution in [1.29, 1.82) is 0 Å². The van der Waals surface area contributed by atoms with Crippen LogP contribution in [0, 0.1) is 0 Å². The number of rotatable bonds is 11. The summed E-state index contributed by atoms with van der Waals surface area (Å²) in [6.45, 7) is 5.02. The van der Waals surface area contributed by atoms with Gasteiger partial charge >= 0.3 is 0 Å². The number of carbonyl (C=O) groups excluding carboxylic acids is 3. The van der Waals surface area contributed by atoms with Crippen molar-refractivity contribution in [2.75, 3.05) is 19.6 Å². The van der Waals surface area contributed by atoms with Crippen LogP contribution in [-0.4, -0.2) is 87.0 Å². The van der Waals surface area contributed by atoms with E-state index >= 15 is 0 Å². The lowest BCUT2D eigenvalue weighted by Crippen LogP contribution is -2.56. The molecular weight excluding hydrogens is 560 g/mol. The van der Waals surface area contributed by atoms with Crippen molar-refractivity contribution in [3.05, 3.63) is 52.6 Å². The van der Waals surface area contributed by atoms with Gasteiger partial charge < -0.3 is 30.9 Å². The lowest BCUT2D eigenvalue weighted by atomic mass is 10.1. The Morgan fingerprint density at radius 2 is 1.85 bits per heavy atom. The first kappa shape index (κ1) is 30.0. The van der Waals surface area contributed by atoms with Gasteiger partial charge in [-0.3, -0.25) is 14.4 Å². The number of aromatic nitrogens is 2. The standard InChI is InChI=1S/C26H35ClN6O6S/c1-16(34)20(28)22(35)31-14-25(2,3)40(38,39)26(8-9-26)15-32-10-11-33-19(24(32)37)13-29-21(33)23(36)30-12-17-4-6-18(27)7-5-17/h4-7,13,16,20,34H,8-12,14-15,28H2,1-3H3,(H,30,36)(H,31,35)/t16?,20-/m0/s1. The minimum atomic E-state index is -3.82. The molecule has 2 heterocycles. The number of aliphatic hydroxyl groups excluding tert-OH is 1. The first-order valence-corrected chi connectivity index (χ1v) is 14.9. The fourth-order valence-corrected chi connectivity index (χ4v) is 7.30. The molecule has 0 spiro atoms. The molecule has 218 valence electrons. The number of nitrogens with one attached hydrogen (secondary N) is 2. The zero-order valence-corrected chi connectivity index (χ0v) is 24.3. The molecule has 3 amide bonds. The number of carbonyl (C=O) groups is 3. The van der Waals surface area contributed by atoms with Crippen molar-refractivity contribution >= 4 is 39.2 Å². The van der Waals surface area contributed by atoms with E-state index in [-0.39, 0.29) is 44.2 Å². The smallest absolute Gasteiger partial charge is 0.287 e. The maximum absolute atomic E-state index is 13.7. The summed E-state index contributed by atoms with van der Waals surface area (Å²) >= 11 is 5.90. The van der Waals surface area contributed by atoms with Gasteiger partial charge in [-0.25, -0.2) is 13.4 Å². The van der Waals surface area contributed by atoms with Gasteiger partial charge in [0.15, 0.2) is 15.7 Å². The third-order valence-electron chi connectivity index (χ3n) is 7.62. The molecule has 1 aromatic heterocycles. The summed E-state index contributed by atoms with van der Waals surface area (Å²) in [5, 5.41) is 15.5. The summed E-state index contributed by atoms with van der Waals surface area (Å²) in [6.07, 6.45) is 1.04. The average Bonchev–Trinajstić information content (AvgIpc) is 3.58. The first-order chi connectivity index (χ1) is 18.7. The summed E-state index contributed by atoms with van der Waals surface area (Å²) in [7, 11) is -3.82. The Morgan fingerprint density at radius 1 is 1.20 bits per heavy atom. The fourth-order valence-electron chi connectivity index (χ4n) is 4.77. The minimum absolute atomic E-state index is 0.00199. The van der Waals surface area contributed by atoms with E-state index in [1.807, 2.05) is 0 Å². The lowest BCUT2D eigenvalue weighted by Gasteiger charge is -2.35. The normalized spacial score (nSPS) is 18.1. The second-order valence-corrected chi connectivity index (χ2v) is 14.5. The molecule has 0 bridgehead atoms. The molecule has 2 aromatic rings. The summed E-state index contributed by atoms with van der Waals surface area (Å²) in [5.41, 5.74) is 6.72. The highest BCUT2D eigenvalue weighted by atomic mass is 35.5. The maximum atomic E-state index is 13.7. The zero-order chi connectivity index (χ0) is 29.5. The fraction of sp³-hybridized carbons (Fsp3) is 0.538. The Balaban J connectivity index is 1.41. The molecule has 2 atom stereocenters. The van der Waals surface area contributed by atoms with Crippen LogP contribution in [-0.2, 0) is 27.7 Å². The average molecular weight is 595 g/mol. The topological polar surface area (TPSA) is 177 Å². The number of sulfone groups is 1. The van der Waals surface area contributed by atoms with E-state index < -0.39 is 49.2 Å². The van der Waals surface area contributed by atoms with E-state index in [9.17, 15) is 27.9 Å². The molecule has 12 nitrogen and oxygen atoms in total. The quantitative estimate of drug-likeness (QED) is 0.290. The van der Waals surface area contributed by atoms with Crippen LogP contribution in [0.4, 0.5) is 0 Å². The zero-order valence-electron chi connectivity index (χ0n) is 22.7. The third-order valence-corrected chi connectivity index (χ3v) is 11.1. The van der Waals surface area contributed by atoms with Gasteiger partial charge in [0.1, 0.15) is 11.7 Å². The molecule has 5 N–H and O–H groups in total. The summed E-state index contributed by atoms with van der Waals surface area (Å²) in [4.78, 5) is 44.0. The van der Waals surface area contributed by atoms with Crippen LogP contribution >= 0.6 is 11.6 Å². The van der Waals surface area contributed by atoms with Crippen LogP contribution in [0.1, 0.15) is 60.3 Å². The second kappa shape index (κ2) is 11.1. The van der Waals surface area contributed by atoms with Crippen LogP contribution < -0.4 is 16.4 Å². The van der Waals surface area contributed by atoms with Gasteiger partial charge in [0.25, 0.3) is 11.8 Å². The number of hydrogen-bond acceptors (Lipinski definition) is 8. The van der Waals surface area contributed by atoms with Crippen molar-refractivity contribution < 1.29 is 27.9 Å². The molecule has 1 aliphatic heterocycles. The van der Waals surface area contributed by atoms with Crippen LogP contribution in [0.25, 0.3) is 0 Å². The van der Waals surface area contributed by atoms with Gasteiger partial charge in [-0.2, -0.15) is 0 Å². The molecule has 4 rings (SSSR count). The van der Waals surface area contributed by atoms with Gasteiger partial charge in [0, 0.05) is 37.7 Å². The number of aliphatic hydroxyl groups is 1. The van der Waals surface area contributed by atoms with Gasteiger partial charge in [-0.05, 0) is 51.3 Å². The number of nitrogens with zero attached hydrogens (tertiary/aromatic N) is 3. The van der Waals surface area contributed by atoms with Crippen molar-refractivity contribution in [1.82, 2.24) is 25.1 Å². The van der Waals surface area contributed by atoms with Crippen LogP contribution in [0.5, 0.6) is 0 Å². The number of amides is 3. The third kappa shape index (κ3) is 5.73. The molecule has 1 aliphatic carbocycles. The molecule has 40 heavy (non-hydrogen) atoms. The van der Waals surface area contributed by atoms with E-state index in [1.54, 1.807) is 28.8 Å². The van der Waals surface area contributed by atoms with E-state index in [0.29, 0.717) is 17.9 Å². The van der Waals surface area contributed by atoms with Gasteiger partial charge in [0.05, 0.1) is 21.8 Å². The second-order valence-electron chi connectivity index (χ2n) is 11.1.